The molecule has 0 aromatic heterocycles. The first-order valence-electron chi connectivity index (χ1n) is 4.78. The van der Waals surface area contributed by atoms with Crippen LogP contribution in [0, 0.1) is 0 Å². The third-order valence-corrected chi connectivity index (χ3v) is 2.79. The van der Waals surface area contributed by atoms with Crippen LogP contribution in [0.2, 0.25) is 0 Å². The average molecular weight is 264 g/mol. The fraction of sp³-hybridized carbons (Fsp3) is 0.500. The zero-order valence-electron chi connectivity index (χ0n) is 8.89. The van der Waals surface area contributed by atoms with Gasteiger partial charge in [-0.05, 0) is 0 Å². The van der Waals surface area contributed by atoms with Crippen LogP contribution in [-0.2, 0) is 9.36 Å². The molecule has 0 spiro atoms. The van der Waals surface area contributed by atoms with Crippen LogP contribution in [0.5, 0.6) is 0 Å². The molecule has 1 aliphatic heterocycles. The minimum Gasteiger partial charge on any atom is -0.465 e. The van der Waals surface area contributed by atoms with Gasteiger partial charge in [-0.2, -0.15) is 0 Å². The number of hydrogen-bond acceptors (Lipinski definition) is 4. The van der Waals surface area contributed by atoms with E-state index in [1.807, 2.05) is 0 Å². The molecule has 9 heteroatoms. The predicted octanol–water partition coefficient (Wildman–Crippen LogP) is -0.500. The van der Waals surface area contributed by atoms with E-state index in [-0.39, 0.29) is 19.6 Å². The van der Waals surface area contributed by atoms with Crippen molar-refractivity contribution in [2.75, 3.05) is 26.2 Å². The summed E-state index contributed by atoms with van der Waals surface area (Å²) in [6.07, 6.45) is -0.00906. The molecule has 1 fully saturated rings. The van der Waals surface area contributed by atoms with Gasteiger partial charge < -0.3 is 14.9 Å². The van der Waals surface area contributed by atoms with Crippen LogP contribution in [0.4, 0.5) is 4.79 Å². The average Bonchev–Trinajstić information content (AvgIpc) is 2.15. The first kappa shape index (κ1) is 13.9. The molecule has 8 nitrogen and oxygen atoms in total. The Morgan fingerprint density at radius 3 is 2.53 bits per heavy atom. The monoisotopic (exact) mass is 264 g/mol. The van der Waals surface area contributed by atoms with Gasteiger partial charge in [0.05, 0.1) is 6.54 Å². The van der Waals surface area contributed by atoms with E-state index in [0.717, 1.165) is 10.7 Å². The maximum Gasteiger partial charge on any atom is 0.414 e. The molecule has 0 bridgehead atoms. The van der Waals surface area contributed by atoms with E-state index < -0.39 is 19.6 Å². The Balaban J connectivity index is 2.46. The molecule has 1 heterocycles. The van der Waals surface area contributed by atoms with Crippen LogP contribution in [0.3, 0.4) is 0 Å². The lowest BCUT2D eigenvalue weighted by Crippen LogP contribution is -2.52. The number of imide groups is 1. The number of nitrogens with zero attached hydrogens (tertiary/aromatic N) is 2. The SMILES string of the molecule is O=C(O)N1CCN(C/C=C/P(=O)(O)O)CC1=O. The highest BCUT2D eigenvalue weighted by atomic mass is 31.2. The summed E-state index contributed by atoms with van der Waals surface area (Å²) in [5.74, 6) is 0.231. The molecule has 0 aliphatic carbocycles. The highest BCUT2D eigenvalue weighted by Gasteiger charge is 2.27. The first-order valence-corrected chi connectivity index (χ1v) is 6.46. The van der Waals surface area contributed by atoms with Crippen LogP contribution >= 0.6 is 7.60 Å². The lowest BCUT2D eigenvalue weighted by Gasteiger charge is -2.30. The van der Waals surface area contributed by atoms with Crippen LogP contribution in [0.15, 0.2) is 11.9 Å². The fourth-order valence-electron chi connectivity index (χ4n) is 1.41. The smallest absolute Gasteiger partial charge is 0.414 e. The van der Waals surface area contributed by atoms with Gasteiger partial charge in [0.1, 0.15) is 0 Å². The molecule has 1 saturated heterocycles. The Morgan fingerprint density at radius 1 is 1.41 bits per heavy atom. The van der Waals surface area contributed by atoms with Crippen molar-refractivity contribution >= 4 is 19.6 Å². The van der Waals surface area contributed by atoms with Gasteiger partial charge in [0, 0.05) is 25.5 Å². The first-order chi connectivity index (χ1) is 7.79. The second kappa shape index (κ2) is 5.42. The molecule has 1 aliphatic rings. The molecular weight excluding hydrogens is 251 g/mol. The third-order valence-electron chi connectivity index (χ3n) is 2.19. The normalized spacial score (nSPS) is 18.9. The van der Waals surface area contributed by atoms with Crippen LogP contribution in [0.25, 0.3) is 0 Å². The van der Waals surface area contributed by atoms with Gasteiger partial charge in [-0.1, -0.05) is 6.08 Å². The van der Waals surface area contributed by atoms with E-state index in [2.05, 4.69) is 0 Å². The zero-order valence-corrected chi connectivity index (χ0v) is 9.79. The lowest BCUT2D eigenvalue weighted by atomic mass is 10.3. The molecule has 0 aromatic rings. The third kappa shape index (κ3) is 4.66. The Kier molecular flexibility index (Phi) is 4.41. The number of amides is 2. The van der Waals surface area contributed by atoms with E-state index in [1.54, 1.807) is 4.90 Å². The minimum atomic E-state index is -4.17. The molecular formula is C8H13N2O6P. The number of hydrogen-bond donors (Lipinski definition) is 3. The number of carboxylic acid groups (broad SMARTS) is 1. The van der Waals surface area contributed by atoms with Gasteiger partial charge in [-0.3, -0.25) is 14.3 Å². The Hall–Kier alpha value is -1.21. The maximum atomic E-state index is 11.3. The zero-order chi connectivity index (χ0) is 13.1. The van der Waals surface area contributed by atoms with E-state index in [4.69, 9.17) is 14.9 Å². The van der Waals surface area contributed by atoms with Crippen LogP contribution in [0.1, 0.15) is 0 Å². The van der Waals surface area contributed by atoms with Crippen molar-refractivity contribution in [2.45, 2.75) is 0 Å². The molecule has 17 heavy (non-hydrogen) atoms. The molecule has 0 atom stereocenters. The number of carbonyl (C=O) groups is 2. The van der Waals surface area contributed by atoms with Gasteiger partial charge in [0.25, 0.3) is 0 Å². The number of carbonyl (C=O) groups excluding carboxylic acids is 1. The summed E-state index contributed by atoms with van der Waals surface area (Å²) < 4.78 is 10.5. The molecule has 0 radical (unpaired) electrons. The Bertz CT molecular complexity index is 389. The molecule has 0 saturated carbocycles. The standard InChI is InChI=1S/C8H13N2O6P/c11-7-6-9(2-1-5-17(14,15)16)3-4-10(7)8(12)13/h1,5H,2-4,6H2,(H,12,13)(H2,14,15,16)/b5-1+. The Morgan fingerprint density at radius 2 is 2.06 bits per heavy atom. The summed E-state index contributed by atoms with van der Waals surface area (Å²) in [6, 6.07) is 0. The van der Waals surface area contributed by atoms with Crippen molar-refractivity contribution in [2.24, 2.45) is 0 Å². The summed E-state index contributed by atoms with van der Waals surface area (Å²) >= 11 is 0. The quantitative estimate of drug-likeness (QED) is 0.588. The summed E-state index contributed by atoms with van der Waals surface area (Å²) in [6.45, 7) is 0.545. The van der Waals surface area contributed by atoms with Gasteiger partial charge in [0.15, 0.2) is 0 Å². The minimum absolute atomic E-state index is 0.0674. The van der Waals surface area contributed by atoms with E-state index in [1.165, 1.54) is 6.08 Å². The van der Waals surface area contributed by atoms with Gasteiger partial charge in [-0.15, -0.1) is 0 Å². The highest BCUT2D eigenvalue weighted by Crippen LogP contribution is 2.35. The second-order valence-electron chi connectivity index (χ2n) is 3.54. The fourth-order valence-corrected chi connectivity index (χ4v) is 1.78. The maximum absolute atomic E-state index is 11.3. The number of rotatable bonds is 3. The van der Waals surface area contributed by atoms with Gasteiger partial charge in [0.2, 0.25) is 5.91 Å². The summed E-state index contributed by atoms with van der Waals surface area (Å²) in [7, 11) is -4.17. The molecule has 1 rings (SSSR count). The van der Waals surface area contributed by atoms with Crippen molar-refractivity contribution < 1.29 is 29.0 Å². The van der Waals surface area contributed by atoms with Crippen LogP contribution < -0.4 is 0 Å². The van der Waals surface area contributed by atoms with E-state index in [9.17, 15) is 14.2 Å². The summed E-state index contributed by atoms with van der Waals surface area (Å²) in [4.78, 5) is 41.4. The number of piperazine rings is 1. The largest absolute Gasteiger partial charge is 0.465 e. The van der Waals surface area contributed by atoms with Crippen LogP contribution in [-0.4, -0.2) is 62.9 Å². The topological polar surface area (TPSA) is 118 Å². The lowest BCUT2D eigenvalue weighted by molar-refractivity contribution is -0.133. The van der Waals surface area contributed by atoms with Crippen molar-refractivity contribution in [3.8, 4) is 0 Å². The molecule has 96 valence electrons. The van der Waals surface area contributed by atoms with E-state index in [0.29, 0.717) is 6.54 Å². The van der Waals surface area contributed by atoms with Gasteiger partial charge in [-0.25, -0.2) is 9.69 Å². The van der Waals surface area contributed by atoms with Crippen molar-refractivity contribution in [3.63, 3.8) is 0 Å². The molecule has 2 amide bonds. The van der Waals surface area contributed by atoms with Crippen molar-refractivity contribution in [1.82, 2.24) is 9.80 Å². The Labute approximate surface area is 97.3 Å². The summed E-state index contributed by atoms with van der Waals surface area (Å²) in [5, 5.41) is 8.65. The van der Waals surface area contributed by atoms with E-state index >= 15 is 0 Å². The van der Waals surface area contributed by atoms with Crippen molar-refractivity contribution in [3.05, 3.63) is 11.9 Å². The predicted molar refractivity (Wildman–Crippen MR) is 57.4 cm³/mol. The molecule has 0 unspecified atom stereocenters. The second-order valence-corrected chi connectivity index (χ2v) is 5.01. The van der Waals surface area contributed by atoms with Gasteiger partial charge >= 0.3 is 13.7 Å². The highest BCUT2D eigenvalue weighted by molar-refractivity contribution is 7.55. The molecule has 0 aromatic carbocycles. The summed E-state index contributed by atoms with van der Waals surface area (Å²) in [5.41, 5.74) is 0. The van der Waals surface area contributed by atoms with Crippen molar-refractivity contribution in [1.29, 1.82) is 0 Å². The molecule has 3 N–H and O–H groups in total.